The Bertz CT molecular complexity index is 212. The fraction of sp³-hybridized carbons (Fsp3) is 0.375. The molecule has 66 valence electrons. The zero-order valence-corrected chi connectivity index (χ0v) is 6.64. The van der Waals surface area contributed by atoms with Crippen LogP contribution in [0.4, 0.5) is 5.69 Å². The molecular weight excluding hydrogens is 156 g/mol. The maximum atomic E-state index is 8.75. The standard InChI is InChI=1S/C8H12N2O2/c11-5-8(6-12)10-7-1-3-9-4-2-7/h1-4,8,11-12H,5-6H2,(H,9,10). The highest BCUT2D eigenvalue weighted by molar-refractivity contribution is 5.41. The summed E-state index contributed by atoms with van der Waals surface area (Å²) in [5.74, 6) is 0. The van der Waals surface area contributed by atoms with Gasteiger partial charge in [0.15, 0.2) is 0 Å². The minimum Gasteiger partial charge on any atom is -0.394 e. The minimum atomic E-state index is -0.299. The number of anilines is 1. The Hall–Kier alpha value is -1.13. The van der Waals surface area contributed by atoms with E-state index < -0.39 is 0 Å². The number of aromatic nitrogens is 1. The predicted molar refractivity (Wildman–Crippen MR) is 45.8 cm³/mol. The van der Waals surface area contributed by atoms with Gasteiger partial charge in [-0.05, 0) is 12.1 Å². The largest absolute Gasteiger partial charge is 0.394 e. The molecule has 1 heterocycles. The molecular formula is C8H12N2O2. The molecule has 4 heteroatoms. The van der Waals surface area contributed by atoms with E-state index in [1.165, 1.54) is 0 Å². The van der Waals surface area contributed by atoms with Crippen molar-refractivity contribution in [3.8, 4) is 0 Å². The van der Waals surface area contributed by atoms with Gasteiger partial charge in [0.1, 0.15) is 0 Å². The fourth-order valence-electron chi connectivity index (χ4n) is 0.833. The summed E-state index contributed by atoms with van der Waals surface area (Å²) in [4.78, 5) is 3.84. The quantitative estimate of drug-likeness (QED) is 0.585. The summed E-state index contributed by atoms with van der Waals surface area (Å²) in [5, 5.41) is 20.4. The third kappa shape index (κ3) is 2.48. The molecule has 0 bridgehead atoms. The average molecular weight is 168 g/mol. The molecule has 0 unspecified atom stereocenters. The lowest BCUT2D eigenvalue weighted by Crippen LogP contribution is -2.27. The van der Waals surface area contributed by atoms with Crippen LogP contribution in [0.2, 0.25) is 0 Å². The number of rotatable bonds is 4. The van der Waals surface area contributed by atoms with Gasteiger partial charge >= 0.3 is 0 Å². The van der Waals surface area contributed by atoms with Gasteiger partial charge in [-0.1, -0.05) is 0 Å². The molecule has 1 aromatic heterocycles. The van der Waals surface area contributed by atoms with Crippen molar-refractivity contribution >= 4 is 5.69 Å². The summed E-state index contributed by atoms with van der Waals surface area (Å²) >= 11 is 0. The average Bonchev–Trinajstić information content (AvgIpc) is 2.16. The number of nitrogens with zero attached hydrogens (tertiary/aromatic N) is 1. The number of hydrogen-bond acceptors (Lipinski definition) is 4. The molecule has 0 aliphatic rings. The highest BCUT2D eigenvalue weighted by Crippen LogP contribution is 2.04. The summed E-state index contributed by atoms with van der Waals surface area (Å²) in [5.41, 5.74) is 0.845. The normalized spacial score (nSPS) is 10.2. The molecule has 3 N–H and O–H groups in total. The van der Waals surface area contributed by atoms with Crippen molar-refractivity contribution in [3.63, 3.8) is 0 Å². The van der Waals surface area contributed by atoms with Crippen LogP contribution in [0.25, 0.3) is 0 Å². The van der Waals surface area contributed by atoms with Crippen LogP contribution in [-0.4, -0.2) is 34.5 Å². The molecule has 0 fully saturated rings. The van der Waals surface area contributed by atoms with Crippen molar-refractivity contribution in [2.75, 3.05) is 18.5 Å². The number of pyridine rings is 1. The van der Waals surface area contributed by atoms with E-state index in [2.05, 4.69) is 10.3 Å². The first kappa shape index (κ1) is 8.96. The van der Waals surface area contributed by atoms with Gasteiger partial charge in [0, 0.05) is 18.1 Å². The minimum absolute atomic E-state index is 0.0845. The zero-order valence-electron chi connectivity index (χ0n) is 6.64. The maximum Gasteiger partial charge on any atom is 0.0723 e. The Morgan fingerprint density at radius 1 is 1.25 bits per heavy atom. The van der Waals surface area contributed by atoms with E-state index in [1.807, 2.05) is 0 Å². The zero-order chi connectivity index (χ0) is 8.81. The van der Waals surface area contributed by atoms with Gasteiger partial charge < -0.3 is 15.5 Å². The van der Waals surface area contributed by atoms with Crippen molar-refractivity contribution in [3.05, 3.63) is 24.5 Å². The summed E-state index contributed by atoms with van der Waals surface area (Å²) in [6, 6.07) is 3.25. The molecule has 1 rings (SSSR count). The van der Waals surface area contributed by atoms with Crippen LogP contribution in [0.3, 0.4) is 0 Å². The Kier molecular flexibility index (Phi) is 3.50. The second kappa shape index (κ2) is 4.69. The molecule has 0 spiro atoms. The van der Waals surface area contributed by atoms with Crippen LogP contribution in [0.15, 0.2) is 24.5 Å². The summed E-state index contributed by atoms with van der Waals surface area (Å²) < 4.78 is 0. The molecule has 0 saturated heterocycles. The van der Waals surface area contributed by atoms with E-state index in [4.69, 9.17) is 10.2 Å². The molecule has 1 aromatic rings. The van der Waals surface area contributed by atoms with Crippen molar-refractivity contribution in [1.82, 2.24) is 4.98 Å². The second-order valence-corrected chi connectivity index (χ2v) is 2.44. The van der Waals surface area contributed by atoms with Crippen LogP contribution in [0.5, 0.6) is 0 Å². The molecule has 0 saturated carbocycles. The smallest absolute Gasteiger partial charge is 0.0723 e. The molecule has 0 aromatic carbocycles. The Morgan fingerprint density at radius 2 is 1.83 bits per heavy atom. The van der Waals surface area contributed by atoms with Crippen LogP contribution in [0, 0.1) is 0 Å². The molecule has 0 aliphatic heterocycles. The first-order valence-electron chi connectivity index (χ1n) is 3.75. The van der Waals surface area contributed by atoms with Crippen molar-refractivity contribution in [1.29, 1.82) is 0 Å². The Balaban J connectivity index is 2.51. The van der Waals surface area contributed by atoms with E-state index in [0.717, 1.165) is 5.69 Å². The lowest BCUT2D eigenvalue weighted by Gasteiger charge is -2.13. The van der Waals surface area contributed by atoms with Gasteiger partial charge in [0.25, 0.3) is 0 Å². The van der Waals surface area contributed by atoms with E-state index in [9.17, 15) is 0 Å². The van der Waals surface area contributed by atoms with Crippen LogP contribution < -0.4 is 5.32 Å². The van der Waals surface area contributed by atoms with Crippen molar-refractivity contribution in [2.24, 2.45) is 0 Å². The lowest BCUT2D eigenvalue weighted by molar-refractivity contribution is 0.204. The van der Waals surface area contributed by atoms with Gasteiger partial charge in [0.05, 0.1) is 19.3 Å². The first-order valence-corrected chi connectivity index (χ1v) is 3.75. The molecule has 0 radical (unpaired) electrons. The Morgan fingerprint density at radius 3 is 2.33 bits per heavy atom. The van der Waals surface area contributed by atoms with E-state index in [-0.39, 0.29) is 19.3 Å². The number of hydrogen-bond donors (Lipinski definition) is 3. The van der Waals surface area contributed by atoms with Crippen molar-refractivity contribution < 1.29 is 10.2 Å². The van der Waals surface area contributed by atoms with Gasteiger partial charge in [-0.25, -0.2) is 0 Å². The van der Waals surface area contributed by atoms with Gasteiger partial charge in [-0.2, -0.15) is 0 Å². The Labute approximate surface area is 70.9 Å². The number of nitrogens with one attached hydrogen (secondary N) is 1. The molecule has 12 heavy (non-hydrogen) atoms. The summed E-state index contributed by atoms with van der Waals surface area (Å²) in [7, 11) is 0. The van der Waals surface area contributed by atoms with Crippen LogP contribution in [-0.2, 0) is 0 Å². The van der Waals surface area contributed by atoms with E-state index in [0.29, 0.717) is 0 Å². The van der Waals surface area contributed by atoms with Crippen LogP contribution in [0.1, 0.15) is 0 Å². The molecule has 0 atom stereocenters. The van der Waals surface area contributed by atoms with Gasteiger partial charge in [-0.15, -0.1) is 0 Å². The number of aliphatic hydroxyl groups excluding tert-OH is 2. The summed E-state index contributed by atoms with van der Waals surface area (Å²) in [6.07, 6.45) is 3.29. The molecule has 0 aliphatic carbocycles. The monoisotopic (exact) mass is 168 g/mol. The molecule has 0 amide bonds. The predicted octanol–water partition coefficient (Wildman–Crippen LogP) is -0.153. The fourth-order valence-corrected chi connectivity index (χ4v) is 0.833. The van der Waals surface area contributed by atoms with E-state index in [1.54, 1.807) is 24.5 Å². The first-order chi connectivity index (χ1) is 5.86. The third-order valence-electron chi connectivity index (χ3n) is 1.49. The highest BCUT2D eigenvalue weighted by atomic mass is 16.3. The highest BCUT2D eigenvalue weighted by Gasteiger charge is 2.03. The van der Waals surface area contributed by atoms with Crippen LogP contribution >= 0.6 is 0 Å². The number of aliphatic hydroxyl groups is 2. The third-order valence-corrected chi connectivity index (χ3v) is 1.49. The lowest BCUT2D eigenvalue weighted by atomic mass is 10.3. The molecule has 4 nitrogen and oxygen atoms in total. The summed E-state index contributed by atoms with van der Waals surface area (Å²) in [6.45, 7) is -0.169. The van der Waals surface area contributed by atoms with Crippen molar-refractivity contribution in [2.45, 2.75) is 6.04 Å². The topological polar surface area (TPSA) is 65.4 Å². The van der Waals surface area contributed by atoms with E-state index >= 15 is 0 Å². The SMILES string of the molecule is OCC(CO)Nc1ccncc1. The van der Waals surface area contributed by atoms with Gasteiger partial charge in [0.2, 0.25) is 0 Å². The maximum absolute atomic E-state index is 8.75. The van der Waals surface area contributed by atoms with Gasteiger partial charge in [-0.3, -0.25) is 4.98 Å². The second-order valence-electron chi connectivity index (χ2n) is 2.44.